The van der Waals surface area contributed by atoms with E-state index in [-0.39, 0.29) is 18.6 Å². The SMILES string of the molecule is CCOCC(Nc1c([N+](=O)[O-])ccc(F)c1F)C(C)C. The lowest BCUT2D eigenvalue weighted by molar-refractivity contribution is -0.384. The summed E-state index contributed by atoms with van der Waals surface area (Å²) in [7, 11) is 0. The molecular weight excluding hydrogens is 270 g/mol. The van der Waals surface area contributed by atoms with Gasteiger partial charge in [0.05, 0.1) is 17.6 Å². The van der Waals surface area contributed by atoms with Crippen molar-refractivity contribution in [1.82, 2.24) is 0 Å². The van der Waals surface area contributed by atoms with Crippen molar-refractivity contribution >= 4 is 11.4 Å². The molecule has 0 amide bonds. The Balaban J connectivity index is 3.10. The van der Waals surface area contributed by atoms with Crippen LogP contribution in [0, 0.1) is 27.7 Å². The summed E-state index contributed by atoms with van der Waals surface area (Å²) in [5.74, 6) is -2.35. The molecule has 0 aliphatic heterocycles. The normalized spacial score (nSPS) is 12.5. The van der Waals surface area contributed by atoms with Gasteiger partial charge in [-0.1, -0.05) is 13.8 Å². The molecule has 0 bridgehead atoms. The van der Waals surface area contributed by atoms with Gasteiger partial charge in [0.25, 0.3) is 5.69 Å². The smallest absolute Gasteiger partial charge is 0.295 e. The average Bonchev–Trinajstić information content (AvgIpc) is 2.38. The Morgan fingerprint density at radius 2 is 2.05 bits per heavy atom. The van der Waals surface area contributed by atoms with Crippen LogP contribution in [0.3, 0.4) is 0 Å². The molecule has 0 aliphatic rings. The van der Waals surface area contributed by atoms with E-state index < -0.39 is 27.9 Å². The van der Waals surface area contributed by atoms with Gasteiger partial charge in [-0.25, -0.2) is 8.78 Å². The standard InChI is InChI=1S/C13H18F2N2O3/c1-4-20-7-10(8(2)3)16-13-11(17(18)19)6-5-9(14)12(13)15/h5-6,8,10,16H,4,7H2,1-3H3. The number of hydrogen-bond donors (Lipinski definition) is 1. The highest BCUT2D eigenvalue weighted by Crippen LogP contribution is 2.30. The number of nitrogens with one attached hydrogen (secondary N) is 1. The molecule has 1 N–H and O–H groups in total. The zero-order chi connectivity index (χ0) is 15.3. The van der Waals surface area contributed by atoms with Crippen LogP contribution in [0.2, 0.25) is 0 Å². The van der Waals surface area contributed by atoms with Gasteiger partial charge in [-0.3, -0.25) is 10.1 Å². The summed E-state index contributed by atoms with van der Waals surface area (Å²) in [4.78, 5) is 10.1. The topological polar surface area (TPSA) is 64.4 Å². The lowest BCUT2D eigenvalue weighted by atomic mass is 10.0. The van der Waals surface area contributed by atoms with Gasteiger partial charge in [0.15, 0.2) is 17.3 Å². The lowest BCUT2D eigenvalue weighted by Crippen LogP contribution is -2.31. The minimum atomic E-state index is -1.25. The van der Waals surface area contributed by atoms with E-state index >= 15 is 0 Å². The fourth-order valence-corrected chi connectivity index (χ4v) is 1.66. The van der Waals surface area contributed by atoms with E-state index in [1.807, 2.05) is 20.8 Å². The number of ether oxygens (including phenoxy) is 1. The number of nitro groups is 1. The Hall–Kier alpha value is -1.76. The van der Waals surface area contributed by atoms with Gasteiger partial charge in [-0.15, -0.1) is 0 Å². The van der Waals surface area contributed by atoms with Crippen molar-refractivity contribution in [3.63, 3.8) is 0 Å². The van der Waals surface area contributed by atoms with Crippen molar-refractivity contribution in [2.45, 2.75) is 26.8 Å². The quantitative estimate of drug-likeness (QED) is 0.617. The summed E-state index contributed by atoms with van der Waals surface area (Å²) in [5.41, 5.74) is -0.931. The number of halogens is 2. The van der Waals surface area contributed by atoms with Crippen molar-refractivity contribution in [1.29, 1.82) is 0 Å². The molecule has 1 atom stereocenters. The number of anilines is 1. The third kappa shape index (κ3) is 3.86. The summed E-state index contributed by atoms with van der Waals surface area (Å²) < 4.78 is 32.3. The van der Waals surface area contributed by atoms with Crippen LogP contribution in [0.4, 0.5) is 20.2 Å². The fraction of sp³-hybridized carbons (Fsp3) is 0.538. The molecule has 1 aromatic carbocycles. The van der Waals surface area contributed by atoms with Crippen molar-refractivity contribution in [2.75, 3.05) is 18.5 Å². The van der Waals surface area contributed by atoms with Gasteiger partial charge in [-0.05, 0) is 18.9 Å². The van der Waals surface area contributed by atoms with Crippen LogP contribution in [0.1, 0.15) is 20.8 Å². The Kier molecular flexibility index (Phi) is 5.82. The Labute approximate surface area is 116 Å². The molecule has 20 heavy (non-hydrogen) atoms. The van der Waals surface area contributed by atoms with Crippen molar-refractivity contribution in [2.24, 2.45) is 5.92 Å². The second kappa shape index (κ2) is 7.14. The number of hydrogen-bond acceptors (Lipinski definition) is 4. The molecule has 112 valence electrons. The molecule has 0 spiro atoms. The number of rotatable bonds is 7. The monoisotopic (exact) mass is 288 g/mol. The van der Waals surface area contributed by atoms with Gasteiger partial charge < -0.3 is 10.1 Å². The van der Waals surface area contributed by atoms with Crippen LogP contribution < -0.4 is 5.32 Å². The number of nitrogens with zero attached hydrogens (tertiary/aromatic N) is 1. The summed E-state index contributed by atoms with van der Waals surface area (Å²) in [5, 5.41) is 13.6. The highest BCUT2D eigenvalue weighted by Gasteiger charge is 2.25. The molecule has 0 fully saturated rings. The van der Waals surface area contributed by atoms with E-state index in [1.54, 1.807) is 0 Å². The molecule has 0 radical (unpaired) electrons. The Morgan fingerprint density at radius 1 is 1.40 bits per heavy atom. The first kappa shape index (κ1) is 16.3. The van der Waals surface area contributed by atoms with Gasteiger partial charge >= 0.3 is 0 Å². The maximum Gasteiger partial charge on any atom is 0.295 e. The Morgan fingerprint density at radius 3 is 2.55 bits per heavy atom. The van der Waals surface area contributed by atoms with Crippen molar-refractivity contribution < 1.29 is 18.4 Å². The van der Waals surface area contributed by atoms with E-state index in [0.29, 0.717) is 6.61 Å². The summed E-state index contributed by atoms with van der Waals surface area (Å²) >= 11 is 0. The van der Waals surface area contributed by atoms with Gasteiger partial charge in [-0.2, -0.15) is 0 Å². The molecule has 5 nitrogen and oxygen atoms in total. The van der Waals surface area contributed by atoms with Crippen LogP contribution in [0.15, 0.2) is 12.1 Å². The fourth-order valence-electron chi connectivity index (χ4n) is 1.66. The third-order valence-electron chi connectivity index (χ3n) is 2.91. The van der Waals surface area contributed by atoms with Gasteiger partial charge in [0.2, 0.25) is 0 Å². The van der Waals surface area contributed by atoms with Gasteiger partial charge in [0.1, 0.15) is 0 Å². The molecule has 7 heteroatoms. The first-order valence-corrected chi connectivity index (χ1v) is 6.35. The molecule has 0 saturated heterocycles. The average molecular weight is 288 g/mol. The van der Waals surface area contributed by atoms with Crippen LogP contribution in [-0.2, 0) is 4.74 Å². The predicted octanol–water partition coefficient (Wildman–Crippen LogP) is 3.35. The van der Waals surface area contributed by atoms with Crippen LogP contribution in [0.25, 0.3) is 0 Å². The highest BCUT2D eigenvalue weighted by atomic mass is 19.2. The summed E-state index contributed by atoms with van der Waals surface area (Å²) in [6.45, 7) is 6.25. The van der Waals surface area contributed by atoms with Gasteiger partial charge in [0, 0.05) is 12.7 Å². The van der Waals surface area contributed by atoms with E-state index in [0.717, 1.165) is 12.1 Å². The van der Waals surface area contributed by atoms with E-state index in [1.165, 1.54) is 0 Å². The predicted molar refractivity (Wildman–Crippen MR) is 71.8 cm³/mol. The van der Waals surface area contributed by atoms with Crippen LogP contribution in [-0.4, -0.2) is 24.2 Å². The second-order valence-corrected chi connectivity index (χ2v) is 4.67. The zero-order valence-electron chi connectivity index (χ0n) is 11.7. The molecule has 0 heterocycles. The van der Waals surface area contributed by atoms with Crippen molar-refractivity contribution in [3.8, 4) is 0 Å². The van der Waals surface area contributed by atoms with E-state index in [4.69, 9.17) is 4.74 Å². The van der Waals surface area contributed by atoms with Crippen molar-refractivity contribution in [3.05, 3.63) is 33.9 Å². The molecule has 0 aliphatic carbocycles. The van der Waals surface area contributed by atoms with Crippen LogP contribution in [0.5, 0.6) is 0 Å². The molecular formula is C13H18F2N2O3. The molecule has 1 aromatic rings. The Bertz CT molecular complexity index is 481. The lowest BCUT2D eigenvalue weighted by Gasteiger charge is -2.23. The number of nitro benzene ring substituents is 1. The largest absolute Gasteiger partial charge is 0.380 e. The van der Waals surface area contributed by atoms with Crippen LogP contribution >= 0.6 is 0 Å². The first-order valence-electron chi connectivity index (χ1n) is 6.35. The minimum absolute atomic E-state index is 0.0313. The maximum atomic E-state index is 13.8. The van der Waals surface area contributed by atoms with E-state index in [9.17, 15) is 18.9 Å². The first-order chi connectivity index (χ1) is 9.38. The maximum absolute atomic E-state index is 13.8. The summed E-state index contributed by atoms with van der Waals surface area (Å²) in [6, 6.07) is 1.33. The molecule has 1 rings (SSSR count). The minimum Gasteiger partial charge on any atom is -0.380 e. The highest BCUT2D eigenvalue weighted by molar-refractivity contribution is 5.63. The molecule has 0 saturated carbocycles. The zero-order valence-corrected chi connectivity index (χ0v) is 11.7. The second-order valence-electron chi connectivity index (χ2n) is 4.67. The number of benzene rings is 1. The third-order valence-corrected chi connectivity index (χ3v) is 2.91. The summed E-state index contributed by atoms with van der Waals surface area (Å²) in [6.07, 6.45) is 0. The molecule has 1 unspecified atom stereocenters. The molecule has 0 aromatic heterocycles. The van der Waals surface area contributed by atoms with E-state index in [2.05, 4.69) is 5.32 Å².